The van der Waals surface area contributed by atoms with Crippen LogP contribution < -0.4 is 11.1 Å². The van der Waals surface area contributed by atoms with Gasteiger partial charge in [-0.2, -0.15) is 0 Å². The number of nitrogen functional groups attached to an aromatic ring is 1. The number of nitrogens with two attached hydrogens (primary N) is 1. The number of aromatic nitrogens is 1. The first-order valence-corrected chi connectivity index (χ1v) is 8.59. The van der Waals surface area contributed by atoms with E-state index in [9.17, 15) is 9.18 Å². The predicted molar refractivity (Wildman–Crippen MR) is 102 cm³/mol. The van der Waals surface area contributed by atoms with Crippen LogP contribution in [0.1, 0.15) is 15.9 Å². The molecule has 134 valence electrons. The maximum Gasteiger partial charge on any atom is 0.252 e. The smallest absolute Gasteiger partial charge is 0.252 e. The maximum absolute atomic E-state index is 14.5. The summed E-state index contributed by atoms with van der Waals surface area (Å²) < 4.78 is 14.5. The number of benzene rings is 2. The zero-order chi connectivity index (χ0) is 18.4. The number of hydrogen-bond donors (Lipinski definition) is 3. The number of H-pyrrole nitrogens is 1. The molecule has 0 unspecified atom stereocenters. The number of aromatic amines is 1. The van der Waals surface area contributed by atoms with Crippen LogP contribution in [-0.2, 0) is 0 Å². The molecule has 26 heavy (non-hydrogen) atoms. The summed E-state index contributed by atoms with van der Waals surface area (Å²) in [5, 5.41) is 3.78. The molecular weight excluding hydrogens is 331 g/mol. The Morgan fingerprint density at radius 1 is 1.31 bits per heavy atom. The van der Waals surface area contributed by atoms with Crippen molar-refractivity contribution in [2.45, 2.75) is 13.0 Å². The maximum atomic E-state index is 14.5. The van der Waals surface area contributed by atoms with Crippen LogP contribution in [0.5, 0.6) is 0 Å². The average Bonchev–Trinajstić information content (AvgIpc) is 2.92. The van der Waals surface area contributed by atoms with Crippen LogP contribution >= 0.6 is 0 Å². The first kappa shape index (κ1) is 16.6. The van der Waals surface area contributed by atoms with Gasteiger partial charge < -0.3 is 20.9 Å². The van der Waals surface area contributed by atoms with E-state index >= 15 is 0 Å². The molecule has 0 saturated carbocycles. The third kappa shape index (κ3) is 2.82. The first-order chi connectivity index (χ1) is 12.4. The summed E-state index contributed by atoms with van der Waals surface area (Å²) in [7, 11) is 2.01. The van der Waals surface area contributed by atoms with Gasteiger partial charge in [-0.3, -0.25) is 4.79 Å². The lowest BCUT2D eigenvalue weighted by Crippen LogP contribution is -2.57. The number of amides is 1. The lowest BCUT2D eigenvalue weighted by atomic mass is 9.96. The molecule has 6 heteroatoms. The highest BCUT2D eigenvalue weighted by Gasteiger charge is 2.26. The van der Waals surface area contributed by atoms with Crippen LogP contribution in [0, 0.1) is 12.7 Å². The van der Waals surface area contributed by atoms with Crippen molar-refractivity contribution in [3.63, 3.8) is 0 Å². The number of nitrogens with one attached hydrogen (secondary N) is 2. The van der Waals surface area contributed by atoms with E-state index in [1.807, 2.05) is 26.1 Å². The molecule has 4 rings (SSSR count). The van der Waals surface area contributed by atoms with Gasteiger partial charge >= 0.3 is 0 Å². The molecular formula is C20H21FN4O. The Labute approximate surface area is 151 Å². The van der Waals surface area contributed by atoms with Crippen molar-refractivity contribution in [3.8, 4) is 11.1 Å². The average molecular weight is 352 g/mol. The fraction of sp³-hybridized carbons (Fsp3) is 0.250. The quantitative estimate of drug-likeness (QED) is 0.678. The molecule has 1 amide bonds. The molecule has 0 bridgehead atoms. The van der Waals surface area contributed by atoms with Crippen LogP contribution in [0.2, 0.25) is 0 Å². The number of likely N-dealkylation sites (N-methyl/N-ethyl adjacent to an activating group) is 1. The number of halogens is 1. The minimum atomic E-state index is -0.309. The molecule has 1 aromatic heterocycles. The van der Waals surface area contributed by atoms with Gasteiger partial charge in [0.05, 0.1) is 6.04 Å². The highest BCUT2D eigenvalue weighted by atomic mass is 19.1. The molecule has 3 aromatic rings. The standard InChI is InChI=1S/C20H21FN4O/c1-11-4-3-5-16(21)19(11)12-6-15(14-8-18(22)24-17(14)7-12)20(26)23-13-9-25(2)10-13/h3-8,13,24H,9-10,22H2,1-2H3,(H,23,26). The third-order valence-corrected chi connectivity index (χ3v) is 4.91. The van der Waals surface area contributed by atoms with Crippen LogP contribution in [0.15, 0.2) is 36.4 Å². The van der Waals surface area contributed by atoms with Gasteiger partial charge in [-0.05, 0) is 49.4 Å². The summed E-state index contributed by atoms with van der Waals surface area (Å²) in [5.41, 5.74) is 9.09. The van der Waals surface area contributed by atoms with Gasteiger partial charge in [-0.1, -0.05) is 12.1 Å². The van der Waals surface area contributed by atoms with Crippen LogP contribution in [0.3, 0.4) is 0 Å². The molecule has 4 N–H and O–H groups in total. The van der Waals surface area contributed by atoms with Gasteiger partial charge in [-0.25, -0.2) is 4.39 Å². The van der Waals surface area contributed by atoms with Crippen molar-refractivity contribution >= 4 is 22.6 Å². The Balaban J connectivity index is 1.82. The second-order valence-electron chi connectivity index (χ2n) is 7.03. The summed E-state index contributed by atoms with van der Waals surface area (Å²) in [6.45, 7) is 3.52. The van der Waals surface area contributed by atoms with E-state index in [0.29, 0.717) is 22.5 Å². The van der Waals surface area contributed by atoms with Gasteiger partial charge in [-0.15, -0.1) is 0 Å². The van der Waals surface area contributed by atoms with E-state index in [1.54, 1.807) is 18.2 Å². The fourth-order valence-electron chi connectivity index (χ4n) is 3.64. The van der Waals surface area contributed by atoms with E-state index in [1.165, 1.54) is 6.07 Å². The number of aryl methyl sites for hydroxylation is 1. The largest absolute Gasteiger partial charge is 0.385 e. The van der Waals surface area contributed by atoms with Crippen molar-refractivity contribution in [1.29, 1.82) is 0 Å². The molecule has 0 aliphatic carbocycles. The number of likely N-dealkylation sites (tertiary alicyclic amines) is 1. The van der Waals surface area contributed by atoms with Crippen molar-refractivity contribution < 1.29 is 9.18 Å². The molecule has 0 atom stereocenters. The van der Waals surface area contributed by atoms with Crippen molar-refractivity contribution in [2.24, 2.45) is 0 Å². The van der Waals surface area contributed by atoms with E-state index < -0.39 is 0 Å². The minimum absolute atomic E-state index is 0.137. The molecule has 1 saturated heterocycles. The van der Waals surface area contributed by atoms with Gasteiger partial charge in [0, 0.05) is 35.1 Å². The predicted octanol–water partition coefficient (Wildman–Crippen LogP) is 2.91. The molecule has 0 radical (unpaired) electrons. The Hall–Kier alpha value is -2.86. The monoisotopic (exact) mass is 352 g/mol. The minimum Gasteiger partial charge on any atom is -0.385 e. The Morgan fingerprint density at radius 3 is 2.77 bits per heavy atom. The Morgan fingerprint density at radius 2 is 2.08 bits per heavy atom. The molecule has 5 nitrogen and oxygen atoms in total. The summed E-state index contributed by atoms with van der Waals surface area (Å²) in [6.07, 6.45) is 0. The summed E-state index contributed by atoms with van der Waals surface area (Å²) >= 11 is 0. The second-order valence-corrected chi connectivity index (χ2v) is 7.03. The van der Waals surface area contributed by atoms with Crippen molar-refractivity contribution in [1.82, 2.24) is 15.2 Å². The molecule has 2 heterocycles. The van der Waals surface area contributed by atoms with E-state index in [-0.39, 0.29) is 17.8 Å². The zero-order valence-electron chi connectivity index (χ0n) is 14.8. The Bertz CT molecular complexity index is 984. The topological polar surface area (TPSA) is 74.2 Å². The molecule has 1 aliphatic heterocycles. The van der Waals surface area contributed by atoms with Crippen molar-refractivity contribution in [2.75, 3.05) is 25.9 Å². The highest BCUT2D eigenvalue weighted by Crippen LogP contribution is 2.32. The molecule has 0 spiro atoms. The molecule has 1 aliphatic rings. The van der Waals surface area contributed by atoms with Gasteiger partial charge in [0.1, 0.15) is 11.6 Å². The van der Waals surface area contributed by atoms with Crippen LogP contribution in [-0.4, -0.2) is 42.0 Å². The van der Waals surface area contributed by atoms with Crippen LogP contribution in [0.4, 0.5) is 10.2 Å². The number of fused-ring (bicyclic) bond motifs is 1. The lowest BCUT2D eigenvalue weighted by Gasteiger charge is -2.36. The number of hydrogen-bond acceptors (Lipinski definition) is 3. The second kappa shape index (κ2) is 6.14. The van der Waals surface area contributed by atoms with Gasteiger partial charge in [0.15, 0.2) is 0 Å². The summed E-state index contributed by atoms with van der Waals surface area (Å²) in [5.74, 6) is -0.00127. The first-order valence-electron chi connectivity index (χ1n) is 8.59. The van der Waals surface area contributed by atoms with Gasteiger partial charge in [0.25, 0.3) is 5.91 Å². The van der Waals surface area contributed by atoms with E-state index in [0.717, 1.165) is 29.6 Å². The zero-order valence-corrected chi connectivity index (χ0v) is 14.8. The van der Waals surface area contributed by atoms with E-state index in [4.69, 9.17) is 5.73 Å². The molecule has 1 fully saturated rings. The van der Waals surface area contributed by atoms with Crippen molar-refractivity contribution in [3.05, 3.63) is 53.3 Å². The van der Waals surface area contributed by atoms with Gasteiger partial charge in [0.2, 0.25) is 0 Å². The van der Waals surface area contributed by atoms with Crippen LogP contribution in [0.25, 0.3) is 22.0 Å². The highest BCUT2D eigenvalue weighted by molar-refractivity contribution is 6.09. The number of anilines is 1. The number of carbonyl (C=O) groups excluding carboxylic acids is 1. The fourth-order valence-corrected chi connectivity index (χ4v) is 3.64. The number of carbonyl (C=O) groups is 1. The molecule has 2 aromatic carbocycles. The summed E-state index contributed by atoms with van der Waals surface area (Å²) in [6, 6.07) is 10.4. The summed E-state index contributed by atoms with van der Waals surface area (Å²) in [4.78, 5) is 18.0. The lowest BCUT2D eigenvalue weighted by molar-refractivity contribution is 0.0859. The van der Waals surface area contributed by atoms with E-state index in [2.05, 4.69) is 15.2 Å². The number of nitrogens with zero attached hydrogens (tertiary/aromatic N) is 1. The Kier molecular flexibility index (Phi) is 3.92. The normalized spacial score (nSPS) is 15.2. The third-order valence-electron chi connectivity index (χ3n) is 4.91. The SMILES string of the molecule is Cc1cccc(F)c1-c1cc(C(=O)NC2CN(C)C2)c2cc(N)[nH]c2c1. The number of rotatable bonds is 3.